The number of anilines is 1. The van der Waals surface area contributed by atoms with E-state index in [-0.39, 0.29) is 5.91 Å². The van der Waals surface area contributed by atoms with Crippen molar-refractivity contribution < 1.29 is 4.79 Å². The standard InChI is InChI=1S/C12H15N3O/c1-15-9-4-2-7-14-10(9)12(11(15)16)5-3-6-13-8-12/h2,4,7,13H,3,5-6,8H2,1H3. The Labute approximate surface area is 94.7 Å². The van der Waals surface area contributed by atoms with E-state index in [1.54, 1.807) is 11.1 Å². The molecule has 2 aliphatic heterocycles. The van der Waals surface area contributed by atoms with E-state index in [4.69, 9.17) is 0 Å². The number of hydrogen-bond acceptors (Lipinski definition) is 3. The number of hydrogen-bond donors (Lipinski definition) is 1. The molecule has 0 saturated carbocycles. The molecule has 1 unspecified atom stereocenters. The zero-order valence-corrected chi connectivity index (χ0v) is 9.36. The minimum atomic E-state index is -0.399. The van der Waals surface area contributed by atoms with Crippen molar-refractivity contribution in [2.75, 3.05) is 25.0 Å². The summed E-state index contributed by atoms with van der Waals surface area (Å²) in [6.07, 6.45) is 3.73. The molecule has 4 nitrogen and oxygen atoms in total. The first-order valence-corrected chi connectivity index (χ1v) is 5.70. The SMILES string of the molecule is CN1C(=O)C2(CCCNC2)c2ncccc21. The van der Waals surface area contributed by atoms with Crippen molar-refractivity contribution in [3.63, 3.8) is 0 Å². The van der Waals surface area contributed by atoms with Crippen molar-refractivity contribution in [1.82, 2.24) is 10.3 Å². The van der Waals surface area contributed by atoms with Gasteiger partial charge in [-0.25, -0.2) is 0 Å². The third-order valence-corrected chi connectivity index (χ3v) is 3.70. The smallest absolute Gasteiger partial charge is 0.240 e. The van der Waals surface area contributed by atoms with Crippen LogP contribution in [0.4, 0.5) is 5.69 Å². The summed E-state index contributed by atoms with van der Waals surface area (Å²) in [6.45, 7) is 1.72. The van der Waals surface area contributed by atoms with Gasteiger partial charge in [0.2, 0.25) is 5.91 Å². The minimum absolute atomic E-state index is 0.188. The molecule has 1 spiro atoms. The Kier molecular flexibility index (Phi) is 2.01. The van der Waals surface area contributed by atoms with E-state index in [0.717, 1.165) is 37.3 Å². The highest BCUT2D eigenvalue weighted by Gasteiger charge is 2.51. The van der Waals surface area contributed by atoms with E-state index in [2.05, 4.69) is 10.3 Å². The van der Waals surface area contributed by atoms with Gasteiger partial charge in [-0.1, -0.05) is 0 Å². The second-order valence-corrected chi connectivity index (χ2v) is 4.60. The molecule has 0 radical (unpaired) electrons. The minimum Gasteiger partial charge on any atom is -0.315 e. The summed E-state index contributed by atoms with van der Waals surface area (Å²) in [6, 6.07) is 3.86. The fourth-order valence-electron chi connectivity index (χ4n) is 2.86. The third kappa shape index (κ3) is 1.08. The number of carbonyl (C=O) groups is 1. The highest BCUT2D eigenvalue weighted by molar-refractivity contribution is 6.07. The Hall–Kier alpha value is -1.42. The second kappa shape index (κ2) is 3.28. The summed E-state index contributed by atoms with van der Waals surface area (Å²) in [4.78, 5) is 18.6. The Morgan fingerprint density at radius 1 is 1.56 bits per heavy atom. The van der Waals surface area contributed by atoms with Gasteiger partial charge < -0.3 is 10.2 Å². The predicted molar refractivity (Wildman–Crippen MR) is 61.4 cm³/mol. The first kappa shape index (κ1) is 9.78. The molecule has 1 saturated heterocycles. The molecule has 1 amide bonds. The van der Waals surface area contributed by atoms with Crippen LogP contribution in [0.15, 0.2) is 18.3 Å². The van der Waals surface area contributed by atoms with Crippen molar-refractivity contribution in [2.24, 2.45) is 0 Å². The van der Waals surface area contributed by atoms with Crippen LogP contribution in [0.5, 0.6) is 0 Å². The van der Waals surface area contributed by atoms with Crippen molar-refractivity contribution in [2.45, 2.75) is 18.3 Å². The molecule has 0 aromatic carbocycles. The zero-order valence-electron chi connectivity index (χ0n) is 9.36. The Morgan fingerprint density at radius 3 is 3.19 bits per heavy atom. The van der Waals surface area contributed by atoms with E-state index < -0.39 is 5.41 Å². The monoisotopic (exact) mass is 217 g/mol. The number of amides is 1. The summed E-state index contributed by atoms with van der Waals surface area (Å²) in [5, 5.41) is 3.32. The summed E-state index contributed by atoms with van der Waals surface area (Å²) >= 11 is 0. The maximum atomic E-state index is 12.4. The molecule has 16 heavy (non-hydrogen) atoms. The van der Waals surface area contributed by atoms with E-state index in [9.17, 15) is 4.79 Å². The lowest BCUT2D eigenvalue weighted by Crippen LogP contribution is -2.50. The summed E-state index contributed by atoms with van der Waals surface area (Å²) < 4.78 is 0. The average Bonchev–Trinajstić information content (AvgIpc) is 2.55. The molecule has 4 heteroatoms. The van der Waals surface area contributed by atoms with Gasteiger partial charge in [-0.2, -0.15) is 0 Å². The van der Waals surface area contributed by atoms with Gasteiger partial charge in [-0.3, -0.25) is 9.78 Å². The molecule has 0 bridgehead atoms. The maximum Gasteiger partial charge on any atom is 0.240 e. The molecule has 3 rings (SSSR count). The van der Waals surface area contributed by atoms with Crippen molar-refractivity contribution in [1.29, 1.82) is 0 Å². The molecular weight excluding hydrogens is 202 g/mol. The number of nitrogens with one attached hydrogen (secondary N) is 1. The molecule has 3 heterocycles. The third-order valence-electron chi connectivity index (χ3n) is 3.70. The van der Waals surface area contributed by atoms with Crippen LogP contribution in [-0.4, -0.2) is 31.0 Å². The number of fused-ring (bicyclic) bond motifs is 2. The van der Waals surface area contributed by atoms with Gasteiger partial charge in [0.25, 0.3) is 0 Å². The fourth-order valence-corrected chi connectivity index (χ4v) is 2.86. The Morgan fingerprint density at radius 2 is 2.44 bits per heavy atom. The summed E-state index contributed by atoms with van der Waals surface area (Å²) in [5.41, 5.74) is 1.52. The number of piperidine rings is 1. The summed E-state index contributed by atoms with van der Waals surface area (Å²) in [5.74, 6) is 0.188. The van der Waals surface area contributed by atoms with Crippen LogP contribution in [-0.2, 0) is 10.2 Å². The van der Waals surface area contributed by atoms with Crippen molar-refractivity contribution >= 4 is 11.6 Å². The molecule has 1 fully saturated rings. The molecule has 0 aliphatic carbocycles. The number of carbonyl (C=O) groups excluding carboxylic acids is 1. The van der Waals surface area contributed by atoms with Crippen LogP contribution >= 0.6 is 0 Å². The number of nitrogens with zero attached hydrogens (tertiary/aromatic N) is 2. The lowest BCUT2D eigenvalue weighted by atomic mass is 9.78. The number of likely N-dealkylation sites (N-methyl/N-ethyl adjacent to an activating group) is 1. The fraction of sp³-hybridized carbons (Fsp3) is 0.500. The molecule has 1 aromatic rings. The highest BCUT2D eigenvalue weighted by atomic mass is 16.2. The number of aromatic nitrogens is 1. The first-order valence-electron chi connectivity index (χ1n) is 5.70. The Bertz CT molecular complexity index is 438. The van der Waals surface area contributed by atoms with Gasteiger partial charge in [-0.05, 0) is 31.5 Å². The van der Waals surface area contributed by atoms with Gasteiger partial charge in [0.15, 0.2) is 0 Å². The van der Waals surface area contributed by atoms with Crippen LogP contribution in [0.1, 0.15) is 18.5 Å². The second-order valence-electron chi connectivity index (χ2n) is 4.60. The molecule has 1 atom stereocenters. The number of rotatable bonds is 0. The predicted octanol–water partition coefficient (Wildman–Crippen LogP) is 0.679. The topological polar surface area (TPSA) is 45.2 Å². The van der Waals surface area contributed by atoms with Gasteiger partial charge in [0.05, 0.1) is 11.4 Å². The normalized spacial score (nSPS) is 28.6. The lowest BCUT2D eigenvalue weighted by molar-refractivity contribution is -0.123. The van der Waals surface area contributed by atoms with Crippen LogP contribution in [0.2, 0.25) is 0 Å². The van der Waals surface area contributed by atoms with E-state index in [1.807, 2.05) is 19.2 Å². The van der Waals surface area contributed by atoms with E-state index >= 15 is 0 Å². The van der Waals surface area contributed by atoms with Gasteiger partial charge in [-0.15, -0.1) is 0 Å². The molecule has 2 aliphatic rings. The van der Waals surface area contributed by atoms with E-state index in [1.165, 1.54) is 0 Å². The molecule has 1 aromatic heterocycles. The van der Waals surface area contributed by atoms with Gasteiger partial charge in [0.1, 0.15) is 5.41 Å². The van der Waals surface area contributed by atoms with Crippen molar-refractivity contribution in [3.8, 4) is 0 Å². The molecular formula is C12H15N3O. The Balaban J connectivity index is 2.16. The highest BCUT2D eigenvalue weighted by Crippen LogP contribution is 2.43. The average molecular weight is 217 g/mol. The first-order chi connectivity index (χ1) is 7.76. The van der Waals surface area contributed by atoms with Crippen LogP contribution in [0, 0.1) is 0 Å². The van der Waals surface area contributed by atoms with Gasteiger partial charge >= 0.3 is 0 Å². The van der Waals surface area contributed by atoms with Crippen LogP contribution in [0.25, 0.3) is 0 Å². The summed E-state index contributed by atoms with van der Waals surface area (Å²) in [7, 11) is 1.84. The number of pyridine rings is 1. The van der Waals surface area contributed by atoms with Gasteiger partial charge in [0, 0.05) is 19.8 Å². The molecule has 1 N–H and O–H groups in total. The van der Waals surface area contributed by atoms with Crippen LogP contribution in [0.3, 0.4) is 0 Å². The molecule has 84 valence electrons. The van der Waals surface area contributed by atoms with Crippen LogP contribution < -0.4 is 10.2 Å². The quantitative estimate of drug-likeness (QED) is 0.695. The largest absolute Gasteiger partial charge is 0.315 e. The van der Waals surface area contributed by atoms with E-state index in [0.29, 0.717) is 0 Å². The lowest BCUT2D eigenvalue weighted by Gasteiger charge is -2.31. The van der Waals surface area contributed by atoms with Crippen molar-refractivity contribution in [3.05, 3.63) is 24.0 Å². The maximum absolute atomic E-state index is 12.4. The zero-order chi connectivity index (χ0) is 11.2.